The van der Waals surface area contributed by atoms with Crippen LogP contribution in [0.3, 0.4) is 0 Å². The minimum absolute atomic E-state index is 0.137. The summed E-state index contributed by atoms with van der Waals surface area (Å²) in [4.78, 5) is 24.5. The highest BCUT2D eigenvalue weighted by Gasteiger charge is 2.30. The molecule has 0 spiro atoms. The highest BCUT2D eigenvalue weighted by Crippen LogP contribution is 2.32. The van der Waals surface area contributed by atoms with Crippen molar-refractivity contribution in [1.82, 2.24) is 5.32 Å². The summed E-state index contributed by atoms with van der Waals surface area (Å²) in [6, 6.07) is 12.8. The van der Waals surface area contributed by atoms with E-state index < -0.39 is 5.92 Å². The zero-order valence-electron chi connectivity index (χ0n) is 14.2. The smallest absolute Gasteiger partial charge is 0.228 e. The fourth-order valence-corrected chi connectivity index (χ4v) is 2.97. The van der Waals surface area contributed by atoms with Crippen LogP contribution in [0.1, 0.15) is 23.5 Å². The lowest BCUT2D eigenvalue weighted by atomic mass is 9.90. The number of nitrogens with one attached hydrogen (secondary N) is 2. The molecule has 0 unspecified atom stereocenters. The van der Waals surface area contributed by atoms with Gasteiger partial charge < -0.3 is 20.1 Å². The molecule has 0 bridgehead atoms. The molecule has 2 amide bonds. The lowest BCUT2D eigenvalue weighted by molar-refractivity contribution is -0.126. The van der Waals surface area contributed by atoms with Crippen LogP contribution in [0.4, 0.5) is 5.69 Å². The number of rotatable bonds is 5. The molecule has 1 heterocycles. The summed E-state index contributed by atoms with van der Waals surface area (Å²) >= 11 is 0. The number of ether oxygens (including phenoxy) is 2. The van der Waals surface area contributed by atoms with E-state index in [1.54, 1.807) is 32.4 Å². The van der Waals surface area contributed by atoms with E-state index in [9.17, 15) is 9.59 Å². The molecule has 1 aliphatic rings. The molecule has 0 fully saturated rings. The molecule has 6 nitrogen and oxygen atoms in total. The monoisotopic (exact) mass is 340 g/mol. The normalized spacial score (nSPS) is 15.8. The summed E-state index contributed by atoms with van der Waals surface area (Å²) in [6.45, 7) is 0.291. The minimum atomic E-state index is -0.499. The number of amides is 2. The molecule has 0 radical (unpaired) electrons. The largest absolute Gasteiger partial charge is 0.497 e. The Bertz CT molecular complexity index is 804. The third-order valence-electron chi connectivity index (χ3n) is 4.26. The van der Waals surface area contributed by atoms with Gasteiger partial charge in [0.05, 0.1) is 20.1 Å². The molecule has 0 saturated carbocycles. The van der Waals surface area contributed by atoms with Gasteiger partial charge >= 0.3 is 0 Å². The van der Waals surface area contributed by atoms with Crippen molar-refractivity contribution in [3.8, 4) is 11.5 Å². The van der Waals surface area contributed by atoms with Crippen molar-refractivity contribution in [3.05, 3.63) is 53.6 Å². The maximum Gasteiger partial charge on any atom is 0.228 e. The van der Waals surface area contributed by atoms with Crippen LogP contribution in [0.15, 0.2) is 42.5 Å². The Morgan fingerprint density at radius 2 is 2.00 bits per heavy atom. The van der Waals surface area contributed by atoms with Crippen molar-refractivity contribution in [1.29, 1.82) is 0 Å². The molecule has 25 heavy (non-hydrogen) atoms. The number of hydrogen-bond acceptors (Lipinski definition) is 4. The van der Waals surface area contributed by atoms with E-state index in [4.69, 9.17) is 9.47 Å². The minimum Gasteiger partial charge on any atom is -0.497 e. The van der Waals surface area contributed by atoms with Crippen molar-refractivity contribution in [2.75, 3.05) is 19.5 Å². The first-order valence-electron chi connectivity index (χ1n) is 7.99. The third-order valence-corrected chi connectivity index (χ3v) is 4.26. The molecule has 130 valence electrons. The molecule has 0 aliphatic carbocycles. The van der Waals surface area contributed by atoms with Crippen LogP contribution in [-0.4, -0.2) is 26.0 Å². The van der Waals surface area contributed by atoms with Crippen LogP contribution in [0.2, 0.25) is 0 Å². The summed E-state index contributed by atoms with van der Waals surface area (Å²) in [5.74, 6) is 0.516. The fraction of sp³-hybridized carbons (Fsp3) is 0.263. The van der Waals surface area contributed by atoms with Gasteiger partial charge in [0.25, 0.3) is 0 Å². The highest BCUT2D eigenvalue weighted by molar-refractivity contribution is 6.01. The average Bonchev–Trinajstić information content (AvgIpc) is 2.65. The van der Waals surface area contributed by atoms with Crippen LogP contribution < -0.4 is 20.1 Å². The Balaban J connectivity index is 1.76. The third kappa shape index (κ3) is 3.57. The molecule has 0 aromatic heterocycles. The number of carbonyl (C=O) groups excluding carboxylic acids is 2. The van der Waals surface area contributed by atoms with E-state index in [1.165, 1.54) is 0 Å². The number of benzene rings is 2. The maximum absolute atomic E-state index is 12.7. The number of carbonyl (C=O) groups is 2. The van der Waals surface area contributed by atoms with E-state index in [0.29, 0.717) is 23.7 Å². The van der Waals surface area contributed by atoms with Gasteiger partial charge in [0.1, 0.15) is 11.5 Å². The first kappa shape index (κ1) is 16.8. The summed E-state index contributed by atoms with van der Waals surface area (Å²) in [7, 11) is 3.16. The zero-order chi connectivity index (χ0) is 17.8. The van der Waals surface area contributed by atoms with Crippen molar-refractivity contribution in [3.63, 3.8) is 0 Å². The average molecular weight is 340 g/mol. The van der Waals surface area contributed by atoms with Gasteiger partial charge in [-0.1, -0.05) is 18.2 Å². The number of para-hydroxylation sites is 1. The predicted molar refractivity (Wildman–Crippen MR) is 93.8 cm³/mol. The van der Waals surface area contributed by atoms with Crippen molar-refractivity contribution in [2.24, 2.45) is 0 Å². The summed E-state index contributed by atoms with van der Waals surface area (Å²) in [5, 5.41) is 5.70. The number of anilines is 1. The van der Waals surface area contributed by atoms with Crippen molar-refractivity contribution in [2.45, 2.75) is 18.9 Å². The van der Waals surface area contributed by atoms with Crippen molar-refractivity contribution >= 4 is 17.5 Å². The molecule has 2 N–H and O–H groups in total. The van der Waals surface area contributed by atoms with Gasteiger partial charge in [0.15, 0.2) is 0 Å². The second-order valence-electron chi connectivity index (χ2n) is 5.79. The van der Waals surface area contributed by atoms with Gasteiger partial charge in [-0.2, -0.15) is 0 Å². The van der Waals surface area contributed by atoms with E-state index >= 15 is 0 Å². The Hall–Kier alpha value is -3.02. The number of fused-ring (bicyclic) bond motifs is 1. The quantitative estimate of drug-likeness (QED) is 0.876. The molecule has 0 saturated heterocycles. The lowest BCUT2D eigenvalue weighted by Crippen LogP contribution is -2.34. The van der Waals surface area contributed by atoms with E-state index in [-0.39, 0.29) is 18.2 Å². The lowest BCUT2D eigenvalue weighted by Gasteiger charge is -2.25. The van der Waals surface area contributed by atoms with Crippen molar-refractivity contribution < 1.29 is 19.1 Å². The van der Waals surface area contributed by atoms with Gasteiger partial charge in [-0.15, -0.1) is 0 Å². The zero-order valence-corrected chi connectivity index (χ0v) is 14.2. The Kier molecular flexibility index (Phi) is 4.88. The molecule has 1 atom stereocenters. The van der Waals surface area contributed by atoms with Crippen LogP contribution in [-0.2, 0) is 16.1 Å². The Morgan fingerprint density at radius 3 is 2.76 bits per heavy atom. The van der Waals surface area contributed by atoms with Crippen LogP contribution in [0.5, 0.6) is 11.5 Å². The van der Waals surface area contributed by atoms with Gasteiger partial charge in [0.2, 0.25) is 11.8 Å². The van der Waals surface area contributed by atoms with Crippen LogP contribution in [0, 0.1) is 0 Å². The van der Waals surface area contributed by atoms with E-state index in [2.05, 4.69) is 10.6 Å². The predicted octanol–water partition coefficient (Wildman–Crippen LogP) is 2.45. The standard InChI is InChI=1S/C19H20N2O4/c1-24-13-7-8-17(25-2)12(9-13)11-20-19(23)15-10-18(22)21-16-6-4-3-5-14(15)16/h3-9,15H,10-11H2,1-2H3,(H,20,23)(H,21,22)/t15-/m1/s1. The summed E-state index contributed by atoms with van der Waals surface area (Å²) < 4.78 is 10.5. The van der Waals surface area contributed by atoms with Gasteiger partial charge in [-0.25, -0.2) is 0 Å². The van der Waals surface area contributed by atoms with E-state index in [0.717, 1.165) is 11.1 Å². The number of methoxy groups -OCH3 is 2. The Morgan fingerprint density at radius 1 is 1.20 bits per heavy atom. The molecular weight excluding hydrogens is 320 g/mol. The van der Waals surface area contributed by atoms with Crippen LogP contribution >= 0.6 is 0 Å². The first-order valence-corrected chi connectivity index (χ1v) is 7.99. The summed E-state index contributed by atoms with van der Waals surface area (Å²) in [5.41, 5.74) is 2.33. The topological polar surface area (TPSA) is 76.7 Å². The SMILES string of the molecule is COc1ccc(OC)c(CNC(=O)[C@@H]2CC(=O)Nc3ccccc32)c1. The molecule has 2 aromatic rings. The molecule has 1 aliphatic heterocycles. The second-order valence-corrected chi connectivity index (χ2v) is 5.79. The number of hydrogen-bond donors (Lipinski definition) is 2. The van der Waals surface area contributed by atoms with Crippen LogP contribution in [0.25, 0.3) is 0 Å². The Labute approximate surface area is 146 Å². The molecule has 6 heteroatoms. The van der Waals surface area contributed by atoms with E-state index in [1.807, 2.05) is 24.3 Å². The second kappa shape index (κ2) is 7.25. The molecular formula is C19H20N2O4. The summed E-state index contributed by atoms with van der Waals surface area (Å²) in [6.07, 6.45) is 0.137. The maximum atomic E-state index is 12.7. The van der Waals surface area contributed by atoms with Gasteiger partial charge in [-0.3, -0.25) is 9.59 Å². The van der Waals surface area contributed by atoms with Gasteiger partial charge in [0, 0.05) is 24.2 Å². The first-order chi connectivity index (χ1) is 12.1. The highest BCUT2D eigenvalue weighted by atomic mass is 16.5. The molecule has 3 rings (SSSR count). The molecule has 2 aromatic carbocycles. The fourth-order valence-electron chi connectivity index (χ4n) is 2.97. The van der Waals surface area contributed by atoms with Gasteiger partial charge in [-0.05, 0) is 29.8 Å².